The molecule has 2 saturated heterocycles. The molecule has 2 aliphatic heterocycles. The summed E-state index contributed by atoms with van der Waals surface area (Å²) in [5, 5.41) is 0. The van der Waals surface area contributed by atoms with Crippen molar-refractivity contribution in [2.75, 3.05) is 46.5 Å². The molecule has 0 N–H and O–H groups in total. The van der Waals surface area contributed by atoms with Crippen LogP contribution in [0.2, 0.25) is 0 Å². The number of methoxy groups -OCH3 is 1. The van der Waals surface area contributed by atoms with Gasteiger partial charge >= 0.3 is 6.18 Å². The lowest BCUT2D eigenvalue weighted by Crippen LogP contribution is -2.45. The number of alkyl halides is 3. The molecule has 1 aromatic carbocycles. The Labute approximate surface area is 173 Å². The summed E-state index contributed by atoms with van der Waals surface area (Å²) in [6, 6.07) is 4.39. The van der Waals surface area contributed by atoms with Crippen LogP contribution >= 0.6 is 0 Å². The van der Waals surface area contributed by atoms with Crippen LogP contribution in [0.3, 0.4) is 0 Å². The van der Waals surface area contributed by atoms with Crippen molar-refractivity contribution in [3.05, 3.63) is 23.8 Å². The van der Waals surface area contributed by atoms with Gasteiger partial charge in [-0.25, -0.2) is 8.42 Å². The minimum Gasteiger partial charge on any atom is -0.495 e. The number of rotatable bonds is 5. The topological polar surface area (TPSA) is 76.2 Å². The molecule has 1 atom stereocenters. The molecule has 0 saturated carbocycles. The summed E-state index contributed by atoms with van der Waals surface area (Å²) < 4.78 is 76.8. The van der Waals surface area contributed by atoms with E-state index in [1.54, 1.807) is 6.07 Å². The highest BCUT2D eigenvalue weighted by Gasteiger charge is 2.42. The molecule has 0 aromatic heterocycles. The summed E-state index contributed by atoms with van der Waals surface area (Å²) in [5.74, 6) is -1.83. The Kier molecular flexibility index (Phi) is 6.93. The average molecular weight is 450 g/mol. The summed E-state index contributed by atoms with van der Waals surface area (Å²) in [7, 11) is -2.51. The van der Waals surface area contributed by atoms with Crippen molar-refractivity contribution in [3.8, 4) is 5.75 Å². The molecule has 0 aliphatic carbocycles. The Morgan fingerprint density at radius 1 is 1.23 bits per heavy atom. The molecule has 0 spiro atoms. The number of hydrogen-bond donors (Lipinski definition) is 0. The fourth-order valence-electron chi connectivity index (χ4n) is 3.72. The zero-order valence-corrected chi connectivity index (χ0v) is 17.5. The van der Waals surface area contributed by atoms with Gasteiger partial charge in [0.1, 0.15) is 10.6 Å². The van der Waals surface area contributed by atoms with E-state index < -0.39 is 28.0 Å². The maximum Gasteiger partial charge on any atom is 0.393 e. The third-order valence-corrected chi connectivity index (χ3v) is 7.33. The molecule has 11 heteroatoms. The van der Waals surface area contributed by atoms with Crippen molar-refractivity contribution in [1.29, 1.82) is 0 Å². The predicted octanol–water partition coefficient (Wildman–Crippen LogP) is 2.06. The summed E-state index contributed by atoms with van der Waals surface area (Å²) in [6.45, 7) is 0.893. The molecular weight excluding hydrogens is 425 g/mol. The number of ether oxygens (including phenoxy) is 2. The van der Waals surface area contributed by atoms with E-state index in [-0.39, 0.29) is 69.3 Å². The van der Waals surface area contributed by atoms with E-state index in [1.807, 2.05) is 0 Å². The van der Waals surface area contributed by atoms with E-state index in [2.05, 4.69) is 0 Å². The zero-order chi connectivity index (χ0) is 21.9. The fraction of sp³-hybridized carbons (Fsp3) is 0.632. The van der Waals surface area contributed by atoms with Gasteiger partial charge in [0.25, 0.3) is 0 Å². The molecule has 0 bridgehead atoms. The third kappa shape index (κ3) is 5.06. The number of hydrogen-bond acceptors (Lipinski definition) is 5. The first-order chi connectivity index (χ1) is 14.1. The van der Waals surface area contributed by atoms with Gasteiger partial charge in [0, 0.05) is 26.2 Å². The summed E-state index contributed by atoms with van der Waals surface area (Å²) in [4.78, 5) is 13.8. The number of likely N-dealkylation sites (tertiary alicyclic amines) is 1. The second-order valence-electron chi connectivity index (χ2n) is 7.40. The van der Waals surface area contributed by atoms with Crippen LogP contribution < -0.4 is 4.74 Å². The van der Waals surface area contributed by atoms with Gasteiger partial charge in [-0.05, 0) is 30.5 Å². The molecule has 1 amide bonds. The minimum atomic E-state index is -4.33. The van der Waals surface area contributed by atoms with Crippen LogP contribution in [0.4, 0.5) is 13.2 Å². The van der Waals surface area contributed by atoms with Crippen LogP contribution in [0.5, 0.6) is 5.75 Å². The zero-order valence-electron chi connectivity index (χ0n) is 16.7. The molecule has 0 radical (unpaired) electrons. The second kappa shape index (κ2) is 9.11. The lowest BCUT2D eigenvalue weighted by atomic mass is 9.97. The van der Waals surface area contributed by atoms with Crippen LogP contribution in [0.1, 0.15) is 18.4 Å². The quantitative estimate of drug-likeness (QED) is 0.687. The van der Waals surface area contributed by atoms with Gasteiger partial charge < -0.3 is 14.4 Å². The van der Waals surface area contributed by atoms with Crippen molar-refractivity contribution >= 4 is 15.9 Å². The van der Waals surface area contributed by atoms with Gasteiger partial charge in [-0.2, -0.15) is 17.5 Å². The van der Waals surface area contributed by atoms with E-state index in [0.717, 1.165) is 0 Å². The molecule has 30 heavy (non-hydrogen) atoms. The van der Waals surface area contributed by atoms with Crippen molar-refractivity contribution < 1.29 is 35.9 Å². The van der Waals surface area contributed by atoms with Crippen LogP contribution in [0.25, 0.3) is 0 Å². The van der Waals surface area contributed by atoms with Gasteiger partial charge in [0.05, 0.1) is 32.7 Å². The van der Waals surface area contributed by atoms with Gasteiger partial charge in [-0.3, -0.25) is 4.79 Å². The molecule has 2 fully saturated rings. The van der Waals surface area contributed by atoms with Crippen LogP contribution in [-0.2, 0) is 26.0 Å². The maximum atomic E-state index is 13.0. The number of piperidine rings is 1. The Bertz CT molecular complexity index is 869. The molecule has 1 aromatic rings. The van der Waals surface area contributed by atoms with E-state index in [1.165, 1.54) is 28.4 Å². The number of morpholine rings is 1. The molecule has 2 heterocycles. The van der Waals surface area contributed by atoms with Crippen LogP contribution in [0, 0.1) is 5.92 Å². The Morgan fingerprint density at radius 2 is 1.93 bits per heavy atom. The normalized spacial score (nSPS) is 21.5. The van der Waals surface area contributed by atoms with Gasteiger partial charge in [-0.1, -0.05) is 6.07 Å². The molecular formula is C19H25F3N2O5S. The highest BCUT2D eigenvalue weighted by atomic mass is 32.2. The second-order valence-corrected chi connectivity index (χ2v) is 9.31. The van der Waals surface area contributed by atoms with Crippen molar-refractivity contribution in [1.82, 2.24) is 9.21 Å². The molecule has 2 aliphatic rings. The lowest BCUT2D eigenvalue weighted by molar-refractivity contribution is -0.187. The largest absolute Gasteiger partial charge is 0.495 e. The average Bonchev–Trinajstić information content (AvgIpc) is 2.73. The SMILES string of the molecule is COc1ccc(CC(=O)N2CCCC(C(F)(F)F)C2)cc1S(=O)(=O)N1CCOCC1. The highest BCUT2D eigenvalue weighted by molar-refractivity contribution is 7.89. The number of nitrogens with zero attached hydrogens (tertiary/aromatic N) is 2. The van der Waals surface area contributed by atoms with E-state index in [9.17, 15) is 26.4 Å². The van der Waals surface area contributed by atoms with Gasteiger partial charge in [-0.15, -0.1) is 0 Å². The number of carbonyl (C=O) groups excluding carboxylic acids is 1. The molecule has 168 valence electrons. The number of halogens is 3. The van der Waals surface area contributed by atoms with Crippen molar-refractivity contribution in [2.24, 2.45) is 5.92 Å². The number of carbonyl (C=O) groups is 1. The van der Waals surface area contributed by atoms with Crippen molar-refractivity contribution in [3.63, 3.8) is 0 Å². The Balaban J connectivity index is 1.78. The first kappa shape index (κ1) is 22.8. The molecule has 7 nitrogen and oxygen atoms in total. The molecule has 1 unspecified atom stereocenters. The lowest BCUT2D eigenvalue weighted by Gasteiger charge is -2.33. The van der Waals surface area contributed by atoms with Crippen LogP contribution in [-0.4, -0.2) is 76.2 Å². The smallest absolute Gasteiger partial charge is 0.393 e. The first-order valence-corrected chi connectivity index (χ1v) is 11.2. The fourth-order valence-corrected chi connectivity index (χ4v) is 5.33. The number of amides is 1. The maximum absolute atomic E-state index is 13.0. The molecule has 3 rings (SSSR count). The summed E-state index contributed by atoms with van der Waals surface area (Å²) in [5.41, 5.74) is 0.404. The van der Waals surface area contributed by atoms with Crippen molar-refractivity contribution in [2.45, 2.75) is 30.3 Å². The number of sulfonamides is 1. The van der Waals surface area contributed by atoms with Gasteiger partial charge in [0.15, 0.2) is 0 Å². The Morgan fingerprint density at radius 3 is 2.57 bits per heavy atom. The summed E-state index contributed by atoms with van der Waals surface area (Å²) >= 11 is 0. The van der Waals surface area contributed by atoms with E-state index in [0.29, 0.717) is 5.56 Å². The predicted molar refractivity (Wildman–Crippen MR) is 102 cm³/mol. The summed E-state index contributed by atoms with van der Waals surface area (Å²) in [6.07, 6.45) is -4.22. The third-order valence-electron chi connectivity index (χ3n) is 5.41. The van der Waals surface area contributed by atoms with Crippen LogP contribution in [0.15, 0.2) is 23.1 Å². The van der Waals surface area contributed by atoms with E-state index >= 15 is 0 Å². The Hall–Kier alpha value is -1.85. The highest BCUT2D eigenvalue weighted by Crippen LogP contribution is 2.33. The van der Waals surface area contributed by atoms with E-state index in [4.69, 9.17) is 9.47 Å². The standard InChI is InChI=1S/C19H25F3N2O5S/c1-28-16-5-4-14(11-17(16)30(26,27)24-7-9-29-10-8-24)12-18(25)23-6-2-3-15(13-23)19(20,21)22/h4-5,11,15H,2-3,6-10,12-13H2,1H3. The first-order valence-electron chi connectivity index (χ1n) is 9.72. The monoisotopic (exact) mass is 450 g/mol. The van der Waals surface area contributed by atoms with Gasteiger partial charge in [0.2, 0.25) is 15.9 Å². The minimum absolute atomic E-state index is 0.0117. The number of benzene rings is 1.